The number of amides is 1. The maximum Gasteiger partial charge on any atom is 0.248 e. The van der Waals surface area contributed by atoms with Crippen molar-refractivity contribution < 1.29 is 13.9 Å². The Hall–Kier alpha value is -3.92. The van der Waals surface area contributed by atoms with E-state index < -0.39 is 11.7 Å². The lowest BCUT2D eigenvalue weighted by molar-refractivity contribution is -0.111. The van der Waals surface area contributed by atoms with E-state index in [1.807, 2.05) is 36.6 Å². The summed E-state index contributed by atoms with van der Waals surface area (Å²) in [5.74, 6) is 0.102. The van der Waals surface area contributed by atoms with Gasteiger partial charge in [0.05, 0.1) is 22.1 Å². The Morgan fingerprint density at radius 3 is 2.84 bits per heavy atom. The van der Waals surface area contributed by atoms with Crippen molar-refractivity contribution in [3.8, 4) is 11.4 Å². The number of nitrogens with zero attached hydrogens (tertiary/aromatic N) is 5. The van der Waals surface area contributed by atoms with Crippen LogP contribution in [0.15, 0.2) is 53.9 Å². The first-order valence-corrected chi connectivity index (χ1v) is 10.5. The van der Waals surface area contributed by atoms with Gasteiger partial charge in [-0.15, -0.1) is 16.4 Å². The predicted molar refractivity (Wildman–Crippen MR) is 119 cm³/mol. The van der Waals surface area contributed by atoms with Gasteiger partial charge in [-0.2, -0.15) is 4.68 Å². The second-order valence-corrected chi connectivity index (χ2v) is 7.87. The van der Waals surface area contributed by atoms with Gasteiger partial charge < -0.3 is 10.1 Å². The highest BCUT2D eigenvalue weighted by Crippen LogP contribution is 2.22. The topological polar surface area (TPSA) is 94.8 Å². The minimum Gasteiger partial charge on any atom is -0.487 e. The standard InChI is InChI=1S/C22H19FN6O2S/c1-14-26-27-28-29(14)18-8-9-19(23)20(11-18)25-22(30)10-7-16-5-3-4-6-21(16)31-12-17-13-32-15(2)24-17/h3-11,13H,12H2,1-2H3,(H,25,30)/b10-7+. The zero-order valence-corrected chi connectivity index (χ0v) is 18.1. The van der Waals surface area contributed by atoms with Crippen LogP contribution in [0, 0.1) is 19.7 Å². The molecule has 2 heterocycles. The highest BCUT2D eigenvalue weighted by atomic mass is 32.1. The van der Waals surface area contributed by atoms with Crippen molar-refractivity contribution in [2.75, 3.05) is 5.32 Å². The number of carbonyl (C=O) groups is 1. The molecule has 32 heavy (non-hydrogen) atoms. The van der Waals surface area contributed by atoms with Crippen molar-refractivity contribution in [3.63, 3.8) is 0 Å². The normalized spacial score (nSPS) is 11.1. The molecule has 10 heteroatoms. The van der Waals surface area contributed by atoms with Crippen LogP contribution in [0.5, 0.6) is 5.75 Å². The van der Waals surface area contributed by atoms with Crippen molar-refractivity contribution in [1.82, 2.24) is 25.2 Å². The van der Waals surface area contributed by atoms with E-state index in [1.54, 1.807) is 24.3 Å². The number of anilines is 1. The van der Waals surface area contributed by atoms with Gasteiger partial charge in [0.1, 0.15) is 18.2 Å². The Kier molecular flexibility index (Phi) is 6.31. The van der Waals surface area contributed by atoms with Crippen LogP contribution in [0.4, 0.5) is 10.1 Å². The number of para-hydroxylation sites is 1. The summed E-state index contributed by atoms with van der Waals surface area (Å²) >= 11 is 1.56. The molecule has 1 N–H and O–H groups in total. The van der Waals surface area contributed by atoms with Crippen LogP contribution < -0.4 is 10.1 Å². The fourth-order valence-electron chi connectivity index (χ4n) is 2.93. The van der Waals surface area contributed by atoms with E-state index >= 15 is 0 Å². The average molecular weight is 450 g/mol. The number of tetrazole rings is 1. The zero-order chi connectivity index (χ0) is 22.5. The number of ether oxygens (including phenoxy) is 1. The summed E-state index contributed by atoms with van der Waals surface area (Å²) in [6.07, 6.45) is 2.94. The van der Waals surface area contributed by atoms with E-state index in [9.17, 15) is 9.18 Å². The first kappa shape index (κ1) is 21.3. The molecule has 8 nitrogen and oxygen atoms in total. The number of aryl methyl sites for hydroxylation is 2. The molecule has 0 saturated carbocycles. The van der Waals surface area contributed by atoms with E-state index in [0.29, 0.717) is 29.4 Å². The first-order chi connectivity index (χ1) is 15.5. The molecule has 1 amide bonds. The molecule has 0 bridgehead atoms. The van der Waals surface area contributed by atoms with Crippen LogP contribution in [0.2, 0.25) is 0 Å². The lowest BCUT2D eigenvalue weighted by atomic mass is 10.2. The molecule has 0 aliphatic heterocycles. The number of nitrogens with one attached hydrogen (secondary N) is 1. The molecule has 0 unspecified atom stereocenters. The molecular weight excluding hydrogens is 431 g/mol. The van der Waals surface area contributed by atoms with E-state index in [4.69, 9.17) is 4.74 Å². The third-order valence-corrected chi connectivity index (χ3v) is 5.28. The smallest absolute Gasteiger partial charge is 0.248 e. The number of aromatic nitrogens is 5. The molecule has 0 radical (unpaired) electrons. The fourth-order valence-corrected chi connectivity index (χ4v) is 3.52. The monoisotopic (exact) mass is 450 g/mol. The highest BCUT2D eigenvalue weighted by molar-refractivity contribution is 7.09. The van der Waals surface area contributed by atoms with Crippen LogP contribution in [0.25, 0.3) is 11.8 Å². The molecule has 2 aromatic carbocycles. The molecule has 0 spiro atoms. The molecule has 0 aliphatic carbocycles. The number of rotatable bonds is 7. The molecule has 162 valence electrons. The molecular formula is C22H19FN6O2S. The summed E-state index contributed by atoms with van der Waals surface area (Å²) < 4.78 is 21.5. The Morgan fingerprint density at radius 1 is 1.25 bits per heavy atom. The van der Waals surface area contributed by atoms with E-state index in [0.717, 1.165) is 10.7 Å². The largest absolute Gasteiger partial charge is 0.487 e. The summed E-state index contributed by atoms with van der Waals surface area (Å²) in [5.41, 5.74) is 2.12. The maximum absolute atomic E-state index is 14.2. The summed E-state index contributed by atoms with van der Waals surface area (Å²) in [4.78, 5) is 16.8. The third-order valence-electron chi connectivity index (χ3n) is 4.45. The van der Waals surface area contributed by atoms with Gasteiger partial charge in [-0.1, -0.05) is 18.2 Å². The molecule has 0 atom stereocenters. The van der Waals surface area contributed by atoms with Crippen molar-refractivity contribution in [2.24, 2.45) is 0 Å². The lowest BCUT2D eigenvalue weighted by Crippen LogP contribution is -2.10. The van der Waals surface area contributed by atoms with Gasteiger partial charge in [0.15, 0.2) is 5.82 Å². The first-order valence-electron chi connectivity index (χ1n) is 9.66. The molecule has 4 rings (SSSR count). The highest BCUT2D eigenvalue weighted by Gasteiger charge is 2.10. The Morgan fingerprint density at radius 2 is 2.09 bits per heavy atom. The van der Waals surface area contributed by atoms with Crippen LogP contribution in [-0.4, -0.2) is 31.1 Å². The van der Waals surface area contributed by atoms with Crippen LogP contribution in [-0.2, 0) is 11.4 Å². The van der Waals surface area contributed by atoms with Crippen LogP contribution in [0.3, 0.4) is 0 Å². The number of halogens is 1. The van der Waals surface area contributed by atoms with Gasteiger partial charge in [0.2, 0.25) is 5.91 Å². The SMILES string of the molecule is Cc1nc(COc2ccccc2/C=C/C(=O)Nc2cc(-n3nnnc3C)ccc2F)cs1. The van der Waals surface area contributed by atoms with E-state index in [2.05, 4.69) is 25.8 Å². The number of hydrogen-bond donors (Lipinski definition) is 1. The molecule has 4 aromatic rings. The van der Waals surface area contributed by atoms with Gasteiger partial charge in [-0.25, -0.2) is 9.37 Å². The van der Waals surface area contributed by atoms with Gasteiger partial charge >= 0.3 is 0 Å². The van der Waals surface area contributed by atoms with Crippen LogP contribution in [0.1, 0.15) is 22.1 Å². The minimum atomic E-state index is -0.566. The summed E-state index contributed by atoms with van der Waals surface area (Å²) in [5, 5.41) is 16.7. The average Bonchev–Trinajstić information content (AvgIpc) is 3.40. The summed E-state index contributed by atoms with van der Waals surface area (Å²) in [6.45, 7) is 3.99. The van der Waals surface area contributed by atoms with E-state index in [1.165, 1.54) is 29.0 Å². The Bertz CT molecular complexity index is 1280. The van der Waals surface area contributed by atoms with Gasteiger partial charge in [0, 0.05) is 17.0 Å². The number of carbonyl (C=O) groups excluding carboxylic acids is 1. The number of hydrogen-bond acceptors (Lipinski definition) is 7. The van der Waals surface area contributed by atoms with Crippen molar-refractivity contribution in [2.45, 2.75) is 20.5 Å². The molecule has 0 saturated heterocycles. The van der Waals surface area contributed by atoms with E-state index in [-0.39, 0.29) is 5.69 Å². The predicted octanol–water partition coefficient (Wildman–Crippen LogP) is 4.11. The molecule has 0 fully saturated rings. The number of thiazole rings is 1. The molecule has 2 aromatic heterocycles. The number of benzene rings is 2. The lowest BCUT2D eigenvalue weighted by Gasteiger charge is -2.09. The van der Waals surface area contributed by atoms with Crippen molar-refractivity contribution >= 4 is 29.0 Å². The quantitative estimate of drug-likeness (QED) is 0.426. The van der Waals surface area contributed by atoms with Gasteiger partial charge in [-0.05, 0) is 54.6 Å². The third kappa shape index (κ3) is 5.03. The van der Waals surface area contributed by atoms with Gasteiger partial charge in [0.25, 0.3) is 0 Å². The Labute approximate surface area is 187 Å². The minimum absolute atomic E-state index is 0.0236. The summed E-state index contributed by atoms with van der Waals surface area (Å²) in [7, 11) is 0. The van der Waals surface area contributed by atoms with Crippen molar-refractivity contribution in [3.05, 3.63) is 81.8 Å². The second kappa shape index (κ2) is 9.48. The Balaban J connectivity index is 1.46. The molecule has 0 aliphatic rings. The fraction of sp³-hybridized carbons (Fsp3) is 0.136. The summed E-state index contributed by atoms with van der Waals surface area (Å²) in [6, 6.07) is 11.6. The zero-order valence-electron chi connectivity index (χ0n) is 17.3. The second-order valence-electron chi connectivity index (χ2n) is 6.81. The van der Waals surface area contributed by atoms with Crippen molar-refractivity contribution in [1.29, 1.82) is 0 Å². The maximum atomic E-state index is 14.2. The van der Waals surface area contributed by atoms with Crippen LogP contribution >= 0.6 is 11.3 Å². The van der Waals surface area contributed by atoms with Gasteiger partial charge in [-0.3, -0.25) is 4.79 Å².